The first-order chi connectivity index (χ1) is 6.22. The maximum Gasteiger partial charge on any atom is 0.226 e. The molecule has 1 heterocycles. The lowest BCUT2D eigenvalue weighted by Crippen LogP contribution is -2.11. The first-order valence-electron chi connectivity index (χ1n) is 3.95. The fourth-order valence-electron chi connectivity index (χ4n) is 0.875. The third kappa shape index (κ3) is 3.11. The minimum Gasteiger partial charge on any atom is -0.478 e. The summed E-state index contributed by atoms with van der Waals surface area (Å²) in [5.74, 6) is 0.0649. The fourth-order valence-corrected chi connectivity index (χ4v) is 0.875. The van der Waals surface area contributed by atoms with Crippen molar-refractivity contribution < 1.29 is 9.53 Å². The Balaban J connectivity index is 2.64. The van der Waals surface area contributed by atoms with Gasteiger partial charge in [0, 0.05) is 12.3 Å². The van der Waals surface area contributed by atoms with Crippen molar-refractivity contribution in [2.75, 3.05) is 6.61 Å². The third-order valence-electron chi connectivity index (χ3n) is 1.36. The number of carbonyl (C=O) groups excluding carboxylic acids is 1. The van der Waals surface area contributed by atoms with E-state index in [1.807, 2.05) is 6.92 Å². The zero-order valence-corrected chi connectivity index (χ0v) is 7.36. The SMILES string of the molecule is CCOc1ccc([CH]C(N)=O)cn1. The zero-order chi connectivity index (χ0) is 9.68. The van der Waals surface area contributed by atoms with Gasteiger partial charge in [-0.15, -0.1) is 0 Å². The summed E-state index contributed by atoms with van der Waals surface area (Å²) < 4.78 is 5.12. The van der Waals surface area contributed by atoms with Crippen molar-refractivity contribution in [3.8, 4) is 5.88 Å². The standard InChI is InChI=1S/C9H11N2O2/c1-2-13-9-4-3-7(6-11-9)5-8(10)12/h3-6H,2H2,1H3,(H2,10,12). The molecule has 69 valence electrons. The summed E-state index contributed by atoms with van der Waals surface area (Å²) >= 11 is 0. The van der Waals surface area contributed by atoms with Gasteiger partial charge in [0.25, 0.3) is 0 Å². The highest BCUT2D eigenvalue weighted by molar-refractivity contribution is 5.86. The van der Waals surface area contributed by atoms with E-state index in [2.05, 4.69) is 4.98 Å². The Labute approximate surface area is 76.7 Å². The van der Waals surface area contributed by atoms with E-state index in [9.17, 15) is 4.79 Å². The number of pyridine rings is 1. The molecule has 2 N–H and O–H groups in total. The van der Waals surface area contributed by atoms with Crippen LogP contribution in [0.4, 0.5) is 0 Å². The Bertz CT molecular complexity index is 282. The molecule has 1 aromatic heterocycles. The van der Waals surface area contributed by atoms with Gasteiger partial charge in [-0.3, -0.25) is 4.79 Å². The largest absolute Gasteiger partial charge is 0.478 e. The Morgan fingerprint density at radius 2 is 2.46 bits per heavy atom. The van der Waals surface area contributed by atoms with E-state index in [0.29, 0.717) is 18.1 Å². The highest BCUT2D eigenvalue weighted by Crippen LogP contribution is 2.08. The number of rotatable bonds is 4. The maximum atomic E-state index is 10.5. The molecule has 4 nitrogen and oxygen atoms in total. The number of primary amides is 1. The number of nitrogens with zero attached hydrogens (tertiary/aromatic N) is 1. The summed E-state index contributed by atoms with van der Waals surface area (Å²) in [6.45, 7) is 2.46. The molecule has 1 amide bonds. The fraction of sp³-hybridized carbons (Fsp3) is 0.222. The van der Waals surface area contributed by atoms with Crippen LogP contribution >= 0.6 is 0 Å². The van der Waals surface area contributed by atoms with Crippen LogP contribution in [0.5, 0.6) is 5.88 Å². The summed E-state index contributed by atoms with van der Waals surface area (Å²) in [5, 5.41) is 0. The lowest BCUT2D eigenvalue weighted by Gasteiger charge is -2.01. The quantitative estimate of drug-likeness (QED) is 0.732. The van der Waals surface area contributed by atoms with Crippen LogP contribution < -0.4 is 10.5 Å². The topological polar surface area (TPSA) is 65.2 Å². The average molecular weight is 179 g/mol. The van der Waals surface area contributed by atoms with Crippen LogP contribution in [0, 0.1) is 6.42 Å². The molecule has 0 unspecified atom stereocenters. The molecule has 0 spiro atoms. The summed E-state index contributed by atoms with van der Waals surface area (Å²) in [7, 11) is 0. The molecule has 1 radical (unpaired) electrons. The molecule has 0 atom stereocenters. The van der Waals surface area contributed by atoms with Gasteiger partial charge in [-0.2, -0.15) is 0 Å². The second-order valence-electron chi connectivity index (χ2n) is 2.41. The van der Waals surface area contributed by atoms with Gasteiger partial charge < -0.3 is 10.5 Å². The van der Waals surface area contributed by atoms with Gasteiger partial charge in [0.2, 0.25) is 11.8 Å². The Morgan fingerprint density at radius 1 is 1.69 bits per heavy atom. The molecule has 0 aromatic carbocycles. The number of hydrogen-bond acceptors (Lipinski definition) is 3. The van der Waals surface area contributed by atoms with Gasteiger partial charge in [0.1, 0.15) is 0 Å². The van der Waals surface area contributed by atoms with Crippen molar-refractivity contribution in [2.45, 2.75) is 6.92 Å². The molecule has 0 bridgehead atoms. The monoisotopic (exact) mass is 179 g/mol. The number of aromatic nitrogens is 1. The van der Waals surface area contributed by atoms with Crippen molar-refractivity contribution in [3.63, 3.8) is 0 Å². The van der Waals surface area contributed by atoms with E-state index in [0.717, 1.165) is 0 Å². The summed E-state index contributed by atoms with van der Waals surface area (Å²) in [5.41, 5.74) is 5.64. The van der Waals surface area contributed by atoms with Crippen LogP contribution in [0.15, 0.2) is 18.3 Å². The smallest absolute Gasteiger partial charge is 0.226 e. The molecule has 0 aliphatic carbocycles. The van der Waals surface area contributed by atoms with E-state index < -0.39 is 5.91 Å². The molecule has 0 fully saturated rings. The molecule has 0 aliphatic heterocycles. The summed E-state index contributed by atoms with van der Waals surface area (Å²) in [6.07, 6.45) is 2.85. The molecule has 0 saturated heterocycles. The summed E-state index contributed by atoms with van der Waals surface area (Å²) in [6, 6.07) is 3.42. The van der Waals surface area contributed by atoms with Crippen LogP contribution in [0.3, 0.4) is 0 Å². The van der Waals surface area contributed by atoms with Crippen molar-refractivity contribution in [3.05, 3.63) is 30.3 Å². The van der Waals surface area contributed by atoms with Crippen LogP contribution in [0.25, 0.3) is 0 Å². The van der Waals surface area contributed by atoms with Crippen molar-refractivity contribution in [2.24, 2.45) is 5.73 Å². The normalized spacial score (nSPS) is 9.62. The molecular weight excluding hydrogens is 168 g/mol. The van der Waals surface area contributed by atoms with Gasteiger partial charge in [-0.1, -0.05) is 6.07 Å². The van der Waals surface area contributed by atoms with Crippen LogP contribution in [0.1, 0.15) is 12.5 Å². The van der Waals surface area contributed by atoms with E-state index in [-0.39, 0.29) is 0 Å². The van der Waals surface area contributed by atoms with E-state index in [1.54, 1.807) is 12.1 Å². The second-order valence-corrected chi connectivity index (χ2v) is 2.41. The Hall–Kier alpha value is -1.58. The van der Waals surface area contributed by atoms with Crippen molar-refractivity contribution in [1.29, 1.82) is 0 Å². The van der Waals surface area contributed by atoms with Crippen LogP contribution in [-0.4, -0.2) is 17.5 Å². The number of nitrogens with two attached hydrogens (primary N) is 1. The number of ether oxygens (including phenoxy) is 1. The Kier molecular flexibility index (Phi) is 3.25. The lowest BCUT2D eigenvalue weighted by atomic mass is 10.2. The van der Waals surface area contributed by atoms with Crippen LogP contribution in [-0.2, 0) is 4.79 Å². The highest BCUT2D eigenvalue weighted by Gasteiger charge is 1.99. The van der Waals surface area contributed by atoms with Gasteiger partial charge in [0.05, 0.1) is 13.0 Å². The predicted molar refractivity (Wildman–Crippen MR) is 48.0 cm³/mol. The first kappa shape index (κ1) is 9.51. The van der Waals surface area contributed by atoms with E-state index in [1.165, 1.54) is 12.6 Å². The zero-order valence-electron chi connectivity index (χ0n) is 7.36. The molecule has 13 heavy (non-hydrogen) atoms. The molecular formula is C9H11N2O2. The van der Waals surface area contributed by atoms with Crippen molar-refractivity contribution in [1.82, 2.24) is 4.98 Å². The first-order valence-corrected chi connectivity index (χ1v) is 3.95. The van der Waals surface area contributed by atoms with Gasteiger partial charge in [0.15, 0.2) is 0 Å². The van der Waals surface area contributed by atoms with Gasteiger partial charge in [-0.25, -0.2) is 4.98 Å². The molecule has 1 aromatic rings. The third-order valence-corrected chi connectivity index (χ3v) is 1.36. The minimum absolute atomic E-state index is 0.481. The molecule has 1 rings (SSSR count). The van der Waals surface area contributed by atoms with Crippen LogP contribution in [0.2, 0.25) is 0 Å². The lowest BCUT2D eigenvalue weighted by molar-refractivity contribution is -0.114. The number of carbonyl (C=O) groups is 1. The second kappa shape index (κ2) is 4.45. The number of hydrogen-bond donors (Lipinski definition) is 1. The highest BCUT2D eigenvalue weighted by atomic mass is 16.5. The minimum atomic E-state index is -0.481. The maximum absolute atomic E-state index is 10.5. The van der Waals surface area contributed by atoms with Gasteiger partial charge >= 0.3 is 0 Å². The van der Waals surface area contributed by atoms with E-state index >= 15 is 0 Å². The average Bonchev–Trinajstić information content (AvgIpc) is 2.08. The number of amides is 1. The molecule has 0 aliphatic rings. The van der Waals surface area contributed by atoms with Gasteiger partial charge in [-0.05, 0) is 12.5 Å². The van der Waals surface area contributed by atoms with Crippen molar-refractivity contribution >= 4 is 5.91 Å². The predicted octanol–water partition coefficient (Wildman–Crippen LogP) is 0.518. The summed E-state index contributed by atoms with van der Waals surface area (Å²) in [4.78, 5) is 14.4. The Morgan fingerprint density at radius 3 is 2.92 bits per heavy atom. The molecule has 0 saturated carbocycles. The van der Waals surface area contributed by atoms with E-state index in [4.69, 9.17) is 10.5 Å². The molecule has 4 heteroatoms.